The molecule has 162 valence electrons. The van der Waals surface area contributed by atoms with Crippen LogP contribution in [-0.2, 0) is 4.74 Å². The van der Waals surface area contributed by atoms with E-state index in [1.54, 1.807) is 31.3 Å². The van der Waals surface area contributed by atoms with E-state index in [0.717, 1.165) is 36.0 Å². The highest BCUT2D eigenvalue weighted by Gasteiger charge is 2.23. The van der Waals surface area contributed by atoms with E-state index in [1.807, 2.05) is 39.8 Å². The number of allylic oxidation sites excluding steroid dienone is 1. The molecule has 6 heteroatoms. The number of ether oxygens (including phenoxy) is 2. The number of hydrogen-bond donors (Lipinski definition) is 0. The summed E-state index contributed by atoms with van der Waals surface area (Å²) in [6.07, 6.45) is 4.56. The van der Waals surface area contributed by atoms with Crippen LogP contribution >= 0.6 is 11.6 Å². The summed E-state index contributed by atoms with van der Waals surface area (Å²) in [6.45, 7) is 10.9. The second-order valence-corrected chi connectivity index (χ2v) is 8.44. The van der Waals surface area contributed by atoms with Gasteiger partial charge in [-0.15, -0.1) is 0 Å². The Bertz CT molecular complexity index is 736. The molecule has 0 bridgehead atoms. The van der Waals surface area contributed by atoms with Crippen molar-refractivity contribution >= 4 is 29.5 Å². The lowest BCUT2D eigenvalue weighted by Gasteiger charge is -2.28. The van der Waals surface area contributed by atoms with Gasteiger partial charge in [0, 0.05) is 37.5 Å². The van der Waals surface area contributed by atoms with E-state index >= 15 is 0 Å². The quantitative estimate of drug-likeness (QED) is 0.349. The molecule has 0 fully saturated rings. The number of nitrogens with zero attached hydrogens (tertiary/aromatic N) is 2. The number of carbonyl (C=O) groups is 1. The predicted octanol–water partition coefficient (Wildman–Crippen LogP) is 6.25. The van der Waals surface area contributed by atoms with Crippen LogP contribution in [0.5, 0.6) is 5.75 Å². The molecule has 0 heterocycles. The van der Waals surface area contributed by atoms with E-state index < -0.39 is 5.60 Å². The van der Waals surface area contributed by atoms with Crippen LogP contribution in [0.3, 0.4) is 0 Å². The van der Waals surface area contributed by atoms with E-state index in [1.165, 1.54) is 0 Å². The molecule has 0 radical (unpaired) electrons. The van der Waals surface area contributed by atoms with Gasteiger partial charge in [0.15, 0.2) is 0 Å². The van der Waals surface area contributed by atoms with E-state index in [2.05, 4.69) is 11.9 Å². The summed E-state index contributed by atoms with van der Waals surface area (Å²) in [5.74, 6) is 0.694. The number of unbranched alkanes of at least 4 members (excludes halogenated alkanes) is 2. The Balaban J connectivity index is 3.23. The van der Waals surface area contributed by atoms with Crippen LogP contribution in [0, 0.1) is 0 Å². The number of halogens is 1. The Hall–Kier alpha value is -2.01. The van der Waals surface area contributed by atoms with Crippen LogP contribution in [0.25, 0.3) is 5.57 Å². The molecule has 0 atom stereocenters. The zero-order valence-corrected chi connectivity index (χ0v) is 19.6. The first-order chi connectivity index (χ1) is 13.6. The number of methoxy groups -OCH3 is 1. The van der Waals surface area contributed by atoms with Gasteiger partial charge in [-0.2, -0.15) is 0 Å². The lowest BCUT2D eigenvalue weighted by molar-refractivity contribution is 0.0264. The van der Waals surface area contributed by atoms with Crippen LogP contribution in [0.2, 0.25) is 5.02 Å². The SMILES string of the molecule is CCCCCN(C/C(C)=C(/C=NC)c1ccc(OC)cc1Cl)C(=O)OC(C)(C)C. The van der Waals surface area contributed by atoms with Gasteiger partial charge in [-0.05, 0) is 57.9 Å². The highest BCUT2D eigenvalue weighted by molar-refractivity contribution is 6.34. The minimum absolute atomic E-state index is 0.304. The molecule has 1 amide bonds. The van der Waals surface area contributed by atoms with Gasteiger partial charge in [-0.1, -0.05) is 31.4 Å². The van der Waals surface area contributed by atoms with E-state index in [9.17, 15) is 4.79 Å². The number of benzene rings is 1. The predicted molar refractivity (Wildman–Crippen MR) is 122 cm³/mol. The minimum Gasteiger partial charge on any atom is -0.497 e. The largest absolute Gasteiger partial charge is 0.497 e. The second-order valence-electron chi connectivity index (χ2n) is 8.04. The topological polar surface area (TPSA) is 51.1 Å². The van der Waals surface area contributed by atoms with Crippen LogP contribution < -0.4 is 4.74 Å². The minimum atomic E-state index is -0.537. The summed E-state index contributed by atoms with van der Waals surface area (Å²) in [5.41, 5.74) is 2.20. The third-order valence-electron chi connectivity index (χ3n) is 4.30. The molecule has 29 heavy (non-hydrogen) atoms. The lowest BCUT2D eigenvalue weighted by atomic mass is 10.0. The number of aliphatic imine (C=N–C) groups is 1. The van der Waals surface area contributed by atoms with Crippen molar-refractivity contribution in [1.29, 1.82) is 0 Å². The summed E-state index contributed by atoms with van der Waals surface area (Å²) in [4.78, 5) is 18.7. The van der Waals surface area contributed by atoms with Gasteiger partial charge < -0.3 is 14.4 Å². The lowest BCUT2D eigenvalue weighted by Crippen LogP contribution is -2.38. The van der Waals surface area contributed by atoms with Crippen molar-refractivity contribution in [2.75, 3.05) is 27.2 Å². The van der Waals surface area contributed by atoms with Crippen LogP contribution in [-0.4, -0.2) is 50.1 Å². The highest BCUT2D eigenvalue weighted by atomic mass is 35.5. The summed E-state index contributed by atoms with van der Waals surface area (Å²) >= 11 is 6.49. The average Bonchev–Trinajstić information content (AvgIpc) is 2.64. The number of hydrogen-bond acceptors (Lipinski definition) is 4. The van der Waals surface area contributed by atoms with Gasteiger partial charge in [-0.3, -0.25) is 4.99 Å². The monoisotopic (exact) mass is 422 g/mol. The number of rotatable bonds is 9. The molecular weight excluding hydrogens is 388 g/mol. The Kier molecular flexibility index (Phi) is 10.2. The zero-order valence-electron chi connectivity index (χ0n) is 18.8. The molecule has 0 saturated heterocycles. The van der Waals surface area contributed by atoms with Gasteiger partial charge in [0.2, 0.25) is 0 Å². The van der Waals surface area contributed by atoms with Crippen molar-refractivity contribution in [3.63, 3.8) is 0 Å². The first-order valence-electron chi connectivity index (χ1n) is 10.1. The Morgan fingerprint density at radius 3 is 2.48 bits per heavy atom. The molecule has 0 aromatic heterocycles. The number of carbonyl (C=O) groups excluding carboxylic acids is 1. The summed E-state index contributed by atoms with van der Waals surface area (Å²) < 4.78 is 10.9. The fraction of sp³-hybridized carbons (Fsp3) is 0.565. The summed E-state index contributed by atoms with van der Waals surface area (Å²) in [6, 6.07) is 5.56. The summed E-state index contributed by atoms with van der Waals surface area (Å²) in [5, 5.41) is 0.577. The molecule has 0 aliphatic carbocycles. The molecule has 0 saturated carbocycles. The van der Waals surface area contributed by atoms with Gasteiger partial charge in [0.25, 0.3) is 0 Å². The molecule has 0 aliphatic heterocycles. The van der Waals surface area contributed by atoms with Crippen molar-refractivity contribution in [2.24, 2.45) is 4.99 Å². The molecule has 0 N–H and O–H groups in total. The Labute approximate surface area is 180 Å². The smallest absolute Gasteiger partial charge is 0.410 e. The molecule has 1 aromatic rings. The fourth-order valence-corrected chi connectivity index (χ4v) is 3.14. The first kappa shape index (κ1) is 25.0. The van der Waals surface area contributed by atoms with Gasteiger partial charge in [0.05, 0.1) is 12.1 Å². The molecule has 1 rings (SSSR count). The van der Waals surface area contributed by atoms with Crippen molar-refractivity contribution < 1.29 is 14.3 Å². The van der Waals surface area contributed by atoms with Crippen LogP contribution in [0.1, 0.15) is 59.4 Å². The maximum atomic E-state index is 12.8. The molecule has 5 nitrogen and oxygen atoms in total. The normalized spacial score (nSPS) is 12.7. The molecule has 0 unspecified atom stereocenters. The Morgan fingerprint density at radius 2 is 1.97 bits per heavy atom. The molecular formula is C23H35ClN2O3. The average molecular weight is 423 g/mol. The van der Waals surface area contributed by atoms with E-state index in [0.29, 0.717) is 23.9 Å². The number of amides is 1. The maximum Gasteiger partial charge on any atom is 0.410 e. The van der Waals surface area contributed by atoms with E-state index in [4.69, 9.17) is 21.1 Å². The van der Waals surface area contributed by atoms with Crippen molar-refractivity contribution in [3.05, 3.63) is 34.4 Å². The third-order valence-corrected chi connectivity index (χ3v) is 4.61. The summed E-state index contributed by atoms with van der Waals surface area (Å²) in [7, 11) is 3.33. The van der Waals surface area contributed by atoms with E-state index in [-0.39, 0.29) is 6.09 Å². The van der Waals surface area contributed by atoms with Crippen LogP contribution in [0.15, 0.2) is 28.8 Å². The molecule has 0 aliphatic rings. The zero-order chi connectivity index (χ0) is 22.0. The molecule has 1 aromatic carbocycles. The van der Waals surface area contributed by atoms with Gasteiger partial charge in [0.1, 0.15) is 11.4 Å². The first-order valence-corrected chi connectivity index (χ1v) is 10.4. The standard InChI is InChI=1S/C23H35ClN2O3/c1-8-9-10-13-26(22(27)29-23(3,4)5)16-17(2)20(15-25-6)19-12-11-18(28-7)14-21(19)24/h11-12,14-15H,8-10,13,16H2,1-7H3/b20-17-,25-15?. The molecule has 0 spiro atoms. The fourth-order valence-electron chi connectivity index (χ4n) is 2.87. The highest BCUT2D eigenvalue weighted by Crippen LogP contribution is 2.29. The third kappa shape index (κ3) is 8.48. The van der Waals surface area contributed by atoms with Gasteiger partial charge in [-0.25, -0.2) is 4.79 Å². The van der Waals surface area contributed by atoms with Crippen molar-refractivity contribution in [2.45, 2.75) is 59.5 Å². The second kappa shape index (κ2) is 11.9. The van der Waals surface area contributed by atoms with Crippen molar-refractivity contribution in [1.82, 2.24) is 4.90 Å². The van der Waals surface area contributed by atoms with Crippen LogP contribution in [0.4, 0.5) is 4.79 Å². The van der Waals surface area contributed by atoms with Gasteiger partial charge >= 0.3 is 6.09 Å². The maximum absolute atomic E-state index is 12.8. The Morgan fingerprint density at radius 1 is 1.28 bits per heavy atom. The van der Waals surface area contributed by atoms with Crippen molar-refractivity contribution in [3.8, 4) is 5.75 Å².